The Morgan fingerprint density at radius 3 is 3.13 bits per heavy atom. The number of nitrogens with one attached hydrogen (secondary N) is 1. The summed E-state index contributed by atoms with van der Waals surface area (Å²) in [6.45, 7) is 4.07. The molecule has 0 fully saturated rings. The lowest BCUT2D eigenvalue weighted by Gasteiger charge is -2.06. The van der Waals surface area contributed by atoms with Gasteiger partial charge in [0, 0.05) is 24.9 Å². The van der Waals surface area contributed by atoms with Gasteiger partial charge in [0.05, 0.1) is 6.61 Å². The molecule has 82 valence electrons. The molecule has 0 atom stereocenters. The minimum atomic E-state index is 0.380. The predicted molar refractivity (Wildman–Crippen MR) is 65.1 cm³/mol. The normalized spacial score (nSPS) is 9.93. The fourth-order valence-electron chi connectivity index (χ4n) is 1.08. The van der Waals surface area contributed by atoms with Gasteiger partial charge in [0.15, 0.2) is 0 Å². The molecule has 0 radical (unpaired) electrons. The van der Waals surface area contributed by atoms with E-state index < -0.39 is 0 Å². The monoisotopic (exact) mass is 225 g/mol. The molecule has 0 aliphatic rings. The van der Waals surface area contributed by atoms with E-state index in [0.29, 0.717) is 11.6 Å². The second-order valence-corrected chi connectivity index (χ2v) is 3.36. The first-order chi connectivity index (χ1) is 7.24. The highest BCUT2D eigenvalue weighted by Crippen LogP contribution is 2.05. The average Bonchev–Trinajstić information content (AvgIpc) is 2.25. The number of anilines is 1. The summed E-state index contributed by atoms with van der Waals surface area (Å²) in [5, 5.41) is 3.12. The van der Waals surface area contributed by atoms with Gasteiger partial charge in [-0.3, -0.25) is 0 Å². The van der Waals surface area contributed by atoms with Crippen LogP contribution in [0.25, 0.3) is 0 Å². The second-order valence-electron chi connectivity index (χ2n) is 2.92. The molecule has 0 saturated heterocycles. The van der Waals surface area contributed by atoms with Crippen LogP contribution >= 0.6 is 12.2 Å². The van der Waals surface area contributed by atoms with E-state index in [2.05, 4.69) is 10.3 Å². The minimum Gasteiger partial charge on any atom is -0.389 e. The summed E-state index contributed by atoms with van der Waals surface area (Å²) in [5.74, 6) is 0.764. The van der Waals surface area contributed by atoms with Gasteiger partial charge in [-0.05, 0) is 19.1 Å². The Labute approximate surface area is 94.8 Å². The Hall–Kier alpha value is -1.20. The molecule has 1 heterocycles. The lowest BCUT2D eigenvalue weighted by molar-refractivity contribution is 0.158. The number of thiocarbonyl (C=S) groups is 1. The maximum atomic E-state index is 5.51. The van der Waals surface area contributed by atoms with Crippen LogP contribution in [-0.4, -0.2) is 29.7 Å². The fourth-order valence-corrected chi connectivity index (χ4v) is 1.20. The van der Waals surface area contributed by atoms with Crippen molar-refractivity contribution in [3.05, 3.63) is 23.9 Å². The molecular weight excluding hydrogens is 210 g/mol. The maximum absolute atomic E-state index is 5.51. The van der Waals surface area contributed by atoms with E-state index in [1.807, 2.05) is 13.0 Å². The molecular formula is C10H15N3OS. The van der Waals surface area contributed by atoms with Crippen LogP contribution in [0.5, 0.6) is 0 Å². The first-order valence-corrected chi connectivity index (χ1v) is 5.22. The third-order valence-corrected chi connectivity index (χ3v) is 2.04. The van der Waals surface area contributed by atoms with Gasteiger partial charge in [0.2, 0.25) is 0 Å². The van der Waals surface area contributed by atoms with Gasteiger partial charge in [-0.2, -0.15) is 0 Å². The molecule has 0 saturated carbocycles. The first-order valence-electron chi connectivity index (χ1n) is 4.81. The van der Waals surface area contributed by atoms with E-state index in [1.54, 1.807) is 12.3 Å². The fraction of sp³-hybridized carbons (Fsp3) is 0.400. The van der Waals surface area contributed by atoms with Crippen molar-refractivity contribution in [1.29, 1.82) is 0 Å². The van der Waals surface area contributed by atoms with Crippen LogP contribution in [0.1, 0.15) is 12.5 Å². The third kappa shape index (κ3) is 4.22. The number of aromatic nitrogens is 1. The summed E-state index contributed by atoms with van der Waals surface area (Å²) < 4.78 is 5.19. The van der Waals surface area contributed by atoms with Gasteiger partial charge in [0.25, 0.3) is 0 Å². The number of hydrogen-bond acceptors (Lipinski definition) is 4. The van der Waals surface area contributed by atoms with Gasteiger partial charge in [-0.1, -0.05) is 12.2 Å². The summed E-state index contributed by atoms with van der Waals surface area (Å²) in [5.41, 5.74) is 6.33. The molecule has 1 aromatic rings. The first kappa shape index (κ1) is 11.9. The summed E-state index contributed by atoms with van der Waals surface area (Å²) in [6.07, 6.45) is 1.68. The number of pyridine rings is 1. The second kappa shape index (κ2) is 6.31. The third-order valence-electron chi connectivity index (χ3n) is 1.80. The maximum Gasteiger partial charge on any atom is 0.126 e. The molecule has 15 heavy (non-hydrogen) atoms. The molecule has 1 rings (SSSR count). The lowest BCUT2D eigenvalue weighted by Crippen LogP contribution is -2.13. The van der Waals surface area contributed by atoms with Crippen molar-refractivity contribution in [1.82, 2.24) is 4.98 Å². The molecule has 4 nitrogen and oxygen atoms in total. The minimum absolute atomic E-state index is 0.380. The van der Waals surface area contributed by atoms with Crippen molar-refractivity contribution in [2.24, 2.45) is 5.73 Å². The van der Waals surface area contributed by atoms with Crippen LogP contribution in [0, 0.1) is 0 Å². The Morgan fingerprint density at radius 2 is 2.47 bits per heavy atom. The van der Waals surface area contributed by atoms with Crippen LogP contribution in [0.2, 0.25) is 0 Å². The molecule has 1 aromatic heterocycles. The van der Waals surface area contributed by atoms with Crippen molar-refractivity contribution in [2.75, 3.05) is 25.1 Å². The highest BCUT2D eigenvalue weighted by Gasteiger charge is 1.98. The average molecular weight is 225 g/mol. The van der Waals surface area contributed by atoms with E-state index in [4.69, 9.17) is 22.7 Å². The molecule has 0 amide bonds. The van der Waals surface area contributed by atoms with Crippen molar-refractivity contribution >= 4 is 23.0 Å². The van der Waals surface area contributed by atoms with E-state index in [9.17, 15) is 0 Å². The zero-order valence-corrected chi connectivity index (χ0v) is 9.51. The molecule has 0 aliphatic heterocycles. The van der Waals surface area contributed by atoms with Crippen LogP contribution in [-0.2, 0) is 4.74 Å². The topological polar surface area (TPSA) is 60.2 Å². The van der Waals surface area contributed by atoms with Gasteiger partial charge in [0.1, 0.15) is 10.8 Å². The number of hydrogen-bond donors (Lipinski definition) is 2. The summed E-state index contributed by atoms with van der Waals surface area (Å²) in [4.78, 5) is 4.52. The molecule has 0 aliphatic carbocycles. The Bertz CT molecular complexity index is 330. The lowest BCUT2D eigenvalue weighted by atomic mass is 10.2. The number of nitrogens with zero attached hydrogens (tertiary/aromatic N) is 1. The summed E-state index contributed by atoms with van der Waals surface area (Å²) in [6, 6.07) is 3.62. The van der Waals surface area contributed by atoms with E-state index >= 15 is 0 Å². The summed E-state index contributed by atoms with van der Waals surface area (Å²) >= 11 is 4.87. The Kier molecular flexibility index (Phi) is 5.00. The van der Waals surface area contributed by atoms with Crippen LogP contribution in [0.4, 0.5) is 5.82 Å². The van der Waals surface area contributed by atoms with E-state index in [0.717, 1.165) is 24.5 Å². The smallest absolute Gasteiger partial charge is 0.126 e. The zero-order chi connectivity index (χ0) is 11.1. The van der Waals surface area contributed by atoms with Gasteiger partial charge < -0.3 is 15.8 Å². The van der Waals surface area contributed by atoms with Crippen LogP contribution in [0.15, 0.2) is 18.3 Å². The van der Waals surface area contributed by atoms with Gasteiger partial charge >= 0.3 is 0 Å². The van der Waals surface area contributed by atoms with Crippen molar-refractivity contribution in [3.63, 3.8) is 0 Å². The van der Waals surface area contributed by atoms with E-state index in [1.165, 1.54) is 0 Å². The predicted octanol–water partition coefficient (Wildman–Crippen LogP) is 1.16. The van der Waals surface area contributed by atoms with E-state index in [-0.39, 0.29) is 0 Å². The quantitative estimate of drug-likeness (QED) is 0.562. The van der Waals surface area contributed by atoms with Crippen molar-refractivity contribution in [2.45, 2.75) is 6.92 Å². The number of ether oxygens (including phenoxy) is 1. The Balaban J connectivity index is 2.47. The summed E-state index contributed by atoms with van der Waals surface area (Å²) in [7, 11) is 0. The standard InChI is InChI=1S/C10H15N3OS/c1-2-14-6-5-13-9-7-8(10(11)15)3-4-12-9/h3-4,7H,2,5-6H2,1H3,(H2,11,15)(H,12,13). The molecule has 3 N–H and O–H groups in total. The molecule has 0 aromatic carbocycles. The largest absolute Gasteiger partial charge is 0.389 e. The van der Waals surface area contributed by atoms with Gasteiger partial charge in [-0.15, -0.1) is 0 Å². The highest BCUT2D eigenvalue weighted by molar-refractivity contribution is 7.80. The zero-order valence-electron chi connectivity index (χ0n) is 8.69. The van der Waals surface area contributed by atoms with Crippen molar-refractivity contribution < 1.29 is 4.74 Å². The van der Waals surface area contributed by atoms with Crippen LogP contribution in [0.3, 0.4) is 0 Å². The SMILES string of the molecule is CCOCCNc1cc(C(N)=S)ccn1. The van der Waals surface area contributed by atoms with Gasteiger partial charge in [-0.25, -0.2) is 4.98 Å². The number of rotatable bonds is 6. The molecule has 5 heteroatoms. The number of nitrogens with two attached hydrogens (primary N) is 1. The molecule has 0 spiro atoms. The van der Waals surface area contributed by atoms with Crippen LogP contribution < -0.4 is 11.1 Å². The molecule has 0 unspecified atom stereocenters. The molecule has 0 bridgehead atoms. The van der Waals surface area contributed by atoms with Crippen molar-refractivity contribution in [3.8, 4) is 0 Å². The highest BCUT2D eigenvalue weighted by atomic mass is 32.1. The Morgan fingerprint density at radius 1 is 1.67 bits per heavy atom.